The lowest BCUT2D eigenvalue weighted by molar-refractivity contribution is 0.0997. The van der Waals surface area contributed by atoms with E-state index in [4.69, 9.17) is 16.2 Å². The SMILES string of the molecule is COc1ccc(S(=O)(=O)N2CCCC(N)C2)cc1C(N)=O.Cl. The topological polar surface area (TPSA) is 116 Å². The van der Waals surface area contributed by atoms with Gasteiger partial charge in [-0.05, 0) is 31.0 Å². The van der Waals surface area contributed by atoms with Gasteiger partial charge in [0.05, 0.1) is 17.6 Å². The van der Waals surface area contributed by atoms with E-state index in [1.165, 1.54) is 29.6 Å². The molecule has 4 N–H and O–H groups in total. The maximum absolute atomic E-state index is 12.6. The minimum Gasteiger partial charge on any atom is -0.496 e. The predicted molar refractivity (Wildman–Crippen MR) is 84.7 cm³/mol. The third-order valence-electron chi connectivity index (χ3n) is 3.49. The van der Waals surface area contributed by atoms with E-state index in [0.29, 0.717) is 6.54 Å². The zero-order valence-corrected chi connectivity index (χ0v) is 13.8. The van der Waals surface area contributed by atoms with Crippen LogP contribution in [0.4, 0.5) is 0 Å². The lowest BCUT2D eigenvalue weighted by atomic mass is 10.1. The molecular formula is C13H20ClN3O4S. The van der Waals surface area contributed by atoms with Crippen LogP contribution in [0.25, 0.3) is 0 Å². The number of hydrogen-bond acceptors (Lipinski definition) is 5. The first-order chi connectivity index (χ1) is 9.86. The number of primary amides is 1. The van der Waals surface area contributed by atoms with E-state index in [1.807, 2.05) is 0 Å². The normalized spacial score (nSPS) is 19.3. The standard InChI is InChI=1S/C13H19N3O4S.ClH/c1-20-12-5-4-10(7-11(12)13(15)17)21(18,19)16-6-2-3-9(14)8-16;/h4-5,7,9H,2-3,6,8,14H2,1H3,(H2,15,17);1H. The molecule has 22 heavy (non-hydrogen) atoms. The van der Waals surface area contributed by atoms with Crippen LogP contribution < -0.4 is 16.2 Å². The molecule has 9 heteroatoms. The number of carbonyl (C=O) groups is 1. The number of nitrogens with zero attached hydrogens (tertiary/aromatic N) is 1. The zero-order chi connectivity index (χ0) is 15.6. The van der Waals surface area contributed by atoms with Crippen molar-refractivity contribution in [2.45, 2.75) is 23.8 Å². The van der Waals surface area contributed by atoms with E-state index >= 15 is 0 Å². The molecule has 0 bridgehead atoms. The van der Waals surface area contributed by atoms with E-state index in [0.717, 1.165) is 12.8 Å². The van der Waals surface area contributed by atoms with Crippen LogP contribution in [-0.2, 0) is 10.0 Å². The summed E-state index contributed by atoms with van der Waals surface area (Å²) in [5, 5.41) is 0. The highest BCUT2D eigenvalue weighted by Gasteiger charge is 2.29. The Morgan fingerprint density at radius 2 is 2.09 bits per heavy atom. The van der Waals surface area contributed by atoms with Gasteiger partial charge in [-0.3, -0.25) is 4.79 Å². The monoisotopic (exact) mass is 349 g/mol. The van der Waals surface area contributed by atoms with E-state index in [-0.39, 0.29) is 41.2 Å². The molecule has 0 spiro atoms. The van der Waals surface area contributed by atoms with Crippen molar-refractivity contribution >= 4 is 28.3 Å². The number of benzene rings is 1. The van der Waals surface area contributed by atoms with Crippen molar-refractivity contribution in [3.05, 3.63) is 23.8 Å². The number of piperidine rings is 1. The highest BCUT2D eigenvalue weighted by atomic mass is 35.5. The first-order valence-corrected chi connectivity index (χ1v) is 8.04. The fourth-order valence-corrected chi connectivity index (χ4v) is 3.94. The molecule has 0 aliphatic carbocycles. The van der Waals surface area contributed by atoms with Crippen molar-refractivity contribution in [3.63, 3.8) is 0 Å². The van der Waals surface area contributed by atoms with Gasteiger partial charge in [0, 0.05) is 19.1 Å². The summed E-state index contributed by atoms with van der Waals surface area (Å²) in [6.07, 6.45) is 1.53. The minimum atomic E-state index is -3.69. The van der Waals surface area contributed by atoms with E-state index < -0.39 is 15.9 Å². The van der Waals surface area contributed by atoms with Gasteiger partial charge in [0.15, 0.2) is 0 Å². The Morgan fingerprint density at radius 3 is 2.64 bits per heavy atom. The molecule has 1 aliphatic rings. The van der Waals surface area contributed by atoms with Crippen LogP contribution in [0.3, 0.4) is 0 Å². The van der Waals surface area contributed by atoms with Crippen molar-refractivity contribution in [2.75, 3.05) is 20.2 Å². The number of carbonyl (C=O) groups excluding carboxylic acids is 1. The van der Waals surface area contributed by atoms with Crippen LogP contribution in [0.2, 0.25) is 0 Å². The van der Waals surface area contributed by atoms with E-state index in [1.54, 1.807) is 0 Å². The molecule has 7 nitrogen and oxygen atoms in total. The van der Waals surface area contributed by atoms with Crippen molar-refractivity contribution < 1.29 is 17.9 Å². The Hall–Kier alpha value is -1.35. The molecule has 1 aromatic carbocycles. The van der Waals surface area contributed by atoms with Crippen molar-refractivity contribution in [1.29, 1.82) is 0 Å². The van der Waals surface area contributed by atoms with Crippen LogP contribution in [0.1, 0.15) is 23.2 Å². The molecule has 2 rings (SSSR count). The maximum atomic E-state index is 12.6. The molecule has 1 fully saturated rings. The van der Waals surface area contributed by atoms with Gasteiger partial charge < -0.3 is 16.2 Å². The summed E-state index contributed by atoms with van der Waals surface area (Å²) in [4.78, 5) is 11.4. The summed E-state index contributed by atoms with van der Waals surface area (Å²) in [7, 11) is -2.30. The van der Waals surface area contributed by atoms with Gasteiger partial charge in [0.25, 0.3) is 5.91 Å². The first-order valence-electron chi connectivity index (χ1n) is 6.60. The number of nitrogens with two attached hydrogens (primary N) is 2. The molecule has 1 amide bonds. The molecule has 1 atom stereocenters. The lowest BCUT2D eigenvalue weighted by Crippen LogP contribution is -2.45. The zero-order valence-electron chi connectivity index (χ0n) is 12.2. The van der Waals surface area contributed by atoms with Crippen LogP contribution in [0.15, 0.2) is 23.1 Å². The Balaban J connectivity index is 0.00000242. The summed E-state index contributed by atoms with van der Waals surface area (Å²) in [5.41, 5.74) is 11.1. The van der Waals surface area contributed by atoms with Crippen molar-refractivity contribution in [2.24, 2.45) is 11.5 Å². The van der Waals surface area contributed by atoms with Gasteiger partial charge in [-0.1, -0.05) is 0 Å². The van der Waals surface area contributed by atoms with Crippen LogP contribution in [0.5, 0.6) is 5.75 Å². The number of sulfonamides is 1. The van der Waals surface area contributed by atoms with Gasteiger partial charge in [-0.15, -0.1) is 12.4 Å². The molecule has 124 valence electrons. The molecular weight excluding hydrogens is 330 g/mol. The molecule has 0 aromatic heterocycles. The molecule has 1 aromatic rings. The number of rotatable bonds is 4. The molecule has 1 heterocycles. The van der Waals surface area contributed by atoms with E-state index in [2.05, 4.69) is 0 Å². The highest BCUT2D eigenvalue weighted by molar-refractivity contribution is 7.89. The minimum absolute atomic E-state index is 0. The Bertz CT molecular complexity index is 651. The molecule has 1 saturated heterocycles. The van der Waals surface area contributed by atoms with Gasteiger partial charge in [0.1, 0.15) is 5.75 Å². The van der Waals surface area contributed by atoms with Gasteiger partial charge in [0.2, 0.25) is 10.0 Å². The Kier molecular flexibility index (Phi) is 6.18. The summed E-state index contributed by atoms with van der Waals surface area (Å²) in [5.74, 6) is -0.490. The number of amides is 1. The summed E-state index contributed by atoms with van der Waals surface area (Å²) in [6, 6.07) is 3.91. The van der Waals surface area contributed by atoms with Gasteiger partial charge in [-0.2, -0.15) is 4.31 Å². The summed E-state index contributed by atoms with van der Waals surface area (Å²) < 4.78 is 31.5. The molecule has 0 saturated carbocycles. The van der Waals surface area contributed by atoms with Gasteiger partial charge in [-0.25, -0.2) is 8.42 Å². The number of methoxy groups -OCH3 is 1. The van der Waals surface area contributed by atoms with Crippen molar-refractivity contribution in [3.8, 4) is 5.75 Å². The quantitative estimate of drug-likeness (QED) is 0.812. The predicted octanol–water partition coefficient (Wildman–Crippen LogP) is 0.328. The average molecular weight is 350 g/mol. The van der Waals surface area contributed by atoms with Crippen LogP contribution >= 0.6 is 12.4 Å². The van der Waals surface area contributed by atoms with E-state index in [9.17, 15) is 13.2 Å². The number of ether oxygens (including phenoxy) is 1. The number of halogens is 1. The first kappa shape index (κ1) is 18.7. The molecule has 1 aliphatic heterocycles. The second-order valence-corrected chi connectivity index (χ2v) is 6.93. The molecule has 1 unspecified atom stereocenters. The second-order valence-electron chi connectivity index (χ2n) is 4.99. The summed E-state index contributed by atoms with van der Waals surface area (Å²) >= 11 is 0. The van der Waals surface area contributed by atoms with Crippen LogP contribution in [0, 0.1) is 0 Å². The van der Waals surface area contributed by atoms with Gasteiger partial charge >= 0.3 is 0 Å². The second kappa shape index (κ2) is 7.28. The third-order valence-corrected chi connectivity index (χ3v) is 5.36. The van der Waals surface area contributed by atoms with Crippen molar-refractivity contribution in [1.82, 2.24) is 4.31 Å². The number of hydrogen-bond donors (Lipinski definition) is 2. The maximum Gasteiger partial charge on any atom is 0.252 e. The molecule has 0 radical (unpaired) electrons. The average Bonchev–Trinajstić information content (AvgIpc) is 2.46. The Morgan fingerprint density at radius 1 is 1.41 bits per heavy atom. The highest BCUT2D eigenvalue weighted by Crippen LogP contribution is 2.25. The fourth-order valence-electron chi connectivity index (χ4n) is 2.38. The summed E-state index contributed by atoms with van der Waals surface area (Å²) in [6.45, 7) is 0.703. The Labute approximate surface area is 136 Å². The third kappa shape index (κ3) is 3.70. The smallest absolute Gasteiger partial charge is 0.252 e. The van der Waals surface area contributed by atoms with Crippen LogP contribution in [-0.4, -0.2) is 44.9 Å². The largest absolute Gasteiger partial charge is 0.496 e. The fraction of sp³-hybridized carbons (Fsp3) is 0.462. The lowest BCUT2D eigenvalue weighted by Gasteiger charge is -2.30.